The second-order valence-electron chi connectivity index (χ2n) is 6.37. The van der Waals surface area contributed by atoms with Gasteiger partial charge in [-0.1, -0.05) is 12.1 Å². The monoisotopic (exact) mass is 373 g/mol. The Morgan fingerprint density at radius 3 is 3.00 bits per heavy atom. The van der Waals surface area contributed by atoms with E-state index in [4.69, 9.17) is 9.26 Å². The van der Waals surface area contributed by atoms with Crippen LogP contribution in [0.4, 0.5) is 0 Å². The van der Waals surface area contributed by atoms with Gasteiger partial charge in [-0.3, -0.25) is 9.20 Å². The predicted molar refractivity (Wildman–Crippen MR) is 95.7 cm³/mol. The highest BCUT2D eigenvalue weighted by Gasteiger charge is 2.22. The van der Waals surface area contributed by atoms with Crippen LogP contribution in [-0.4, -0.2) is 20.5 Å². The molecule has 0 saturated heterocycles. The van der Waals surface area contributed by atoms with Crippen LogP contribution in [-0.2, 0) is 30.6 Å². The number of aromatic nitrogens is 3. The van der Waals surface area contributed by atoms with Gasteiger partial charge in [-0.15, -0.1) is 11.3 Å². The van der Waals surface area contributed by atoms with Crippen molar-refractivity contribution < 1.29 is 14.1 Å². The zero-order chi connectivity index (χ0) is 18.3. The molecule has 7 nitrogen and oxygen atoms in total. The molecule has 0 unspecified atom stereocenters. The maximum atomic E-state index is 12.5. The van der Waals surface area contributed by atoms with Crippen molar-refractivity contribution >= 4 is 22.3 Å². The van der Waals surface area contributed by atoms with Crippen LogP contribution in [0.15, 0.2) is 15.4 Å². The van der Waals surface area contributed by atoms with Gasteiger partial charge in [-0.2, -0.15) is 0 Å². The highest BCUT2D eigenvalue weighted by molar-refractivity contribution is 7.17. The lowest BCUT2D eigenvalue weighted by molar-refractivity contribution is 0.0464. The summed E-state index contributed by atoms with van der Waals surface area (Å²) in [5, 5.41) is 3.86. The maximum Gasteiger partial charge on any atom is 0.344 e. The molecule has 8 heteroatoms. The Labute approximate surface area is 153 Å². The molecule has 0 N–H and O–H groups in total. The molecule has 0 bridgehead atoms. The topological polar surface area (TPSA) is 86.7 Å². The molecule has 3 heterocycles. The fraction of sp³-hybridized carbons (Fsp3) is 0.444. The summed E-state index contributed by atoms with van der Waals surface area (Å²) in [5.74, 6) is -0.0747. The van der Waals surface area contributed by atoms with Crippen molar-refractivity contribution in [2.45, 2.75) is 52.6 Å². The molecule has 0 aliphatic heterocycles. The molecule has 4 rings (SSSR count). The molecule has 0 radical (unpaired) electrons. The van der Waals surface area contributed by atoms with Crippen molar-refractivity contribution in [3.63, 3.8) is 0 Å². The molecule has 1 aliphatic rings. The summed E-state index contributed by atoms with van der Waals surface area (Å²) in [4.78, 5) is 31.3. The van der Waals surface area contributed by atoms with Crippen LogP contribution in [0.5, 0.6) is 0 Å². The Hall–Kier alpha value is -2.48. The number of fused-ring (bicyclic) bond motifs is 3. The Bertz CT molecular complexity index is 1050. The SMILES string of the molecule is CCc1noc(C)c1C(=O)OCc1cc(=O)n2c3c(sc2n1)CCCC3. The molecule has 0 saturated carbocycles. The zero-order valence-corrected chi connectivity index (χ0v) is 15.5. The Kier molecular flexibility index (Phi) is 4.36. The lowest BCUT2D eigenvalue weighted by Crippen LogP contribution is -2.18. The molecule has 0 fully saturated rings. The van der Waals surface area contributed by atoms with E-state index in [0.29, 0.717) is 34.1 Å². The molecular formula is C18H19N3O4S. The fourth-order valence-corrected chi connectivity index (χ4v) is 4.58. The number of hydrogen-bond donors (Lipinski definition) is 0. The number of nitrogens with zero attached hydrogens (tertiary/aromatic N) is 3. The van der Waals surface area contributed by atoms with E-state index in [1.165, 1.54) is 10.9 Å². The summed E-state index contributed by atoms with van der Waals surface area (Å²) in [6.07, 6.45) is 4.74. The van der Waals surface area contributed by atoms with Gasteiger partial charge in [0.1, 0.15) is 17.9 Å². The Morgan fingerprint density at radius 2 is 2.19 bits per heavy atom. The van der Waals surface area contributed by atoms with Crippen LogP contribution >= 0.6 is 11.3 Å². The molecule has 136 valence electrons. The third kappa shape index (κ3) is 2.84. The van der Waals surface area contributed by atoms with Gasteiger partial charge in [0.05, 0.1) is 11.4 Å². The molecule has 0 spiro atoms. The van der Waals surface area contributed by atoms with Gasteiger partial charge in [0, 0.05) is 16.6 Å². The first-order chi connectivity index (χ1) is 12.6. The first-order valence-electron chi connectivity index (χ1n) is 8.74. The number of carbonyl (C=O) groups excluding carboxylic acids is 1. The molecule has 0 amide bonds. The van der Waals surface area contributed by atoms with Crippen LogP contribution in [0.1, 0.15) is 57.8 Å². The van der Waals surface area contributed by atoms with E-state index in [-0.39, 0.29) is 12.2 Å². The molecule has 0 atom stereocenters. The number of thiazole rings is 1. The minimum Gasteiger partial charge on any atom is -0.455 e. The van der Waals surface area contributed by atoms with Crippen LogP contribution in [0, 0.1) is 6.92 Å². The van der Waals surface area contributed by atoms with Crippen LogP contribution in [0.2, 0.25) is 0 Å². The Balaban J connectivity index is 1.59. The lowest BCUT2D eigenvalue weighted by Gasteiger charge is -2.10. The zero-order valence-electron chi connectivity index (χ0n) is 14.7. The smallest absolute Gasteiger partial charge is 0.344 e. The van der Waals surface area contributed by atoms with Crippen LogP contribution < -0.4 is 5.56 Å². The summed E-state index contributed by atoms with van der Waals surface area (Å²) in [7, 11) is 0. The van der Waals surface area contributed by atoms with Crippen molar-refractivity contribution in [1.82, 2.24) is 14.5 Å². The van der Waals surface area contributed by atoms with Crippen molar-refractivity contribution in [1.29, 1.82) is 0 Å². The number of esters is 1. The lowest BCUT2D eigenvalue weighted by atomic mass is 10.0. The summed E-state index contributed by atoms with van der Waals surface area (Å²) >= 11 is 1.55. The van der Waals surface area contributed by atoms with Gasteiger partial charge < -0.3 is 9.26 Å². The standard InChI is InChI=1S/C18H19N3O4S/c1-3-12-16(10(2)25-20-12)17(23)24-9-11-8-15(22)21-13-6-4-5-7-14(13)26-18(21)19-11/h8H,3-7,9H2,1-2H3. The van der Waals surface area contributed by atoms with Crippen LogP contribution in [0.3, 0.4) is 0 Å². The van der Waals surface area contributed by atoms with Crippen molar-refractivity contribution in [3.8, 4) is 0 Å². The average molecular weight is 373 g/mol. The van der Waals surface area contributed by atoms with Gasteiger partial charge in [0.25, 0.3) is 5.56 Å². The summed E-state index contributed by atoms with van der Waals surface area (Å²) in [6, 6.07) is 1.45. The molecule has 3 aromatic rings. The van der Waals surface area contributed by atoms with E-state index >= 15 is 0 Å². The minimum absolute atomic E-state index is 0.0546. The first-order valence-corrected chi connectivity index (χ1v) is 9.55. The third-order valence-electron chi connectivity index (χ3n) is 4.64. The van der Waals surface area contributed by atoms with E-state index in [2.05, 4.69) is 10.1 Å². The fourth-order valence-electron chi connectivity index (χ4n) is 3.35. The quantitative estimate of drug-likeness (QED) is 0.654. The number of hydrogen-bond acceptors (Lipinski definition) is 7. The normalized spacial score (nSPS) is 13.8. The van der Waals surface area contributed by atoms with E-state index in [0.717, 1.165) is 31.4 Å². The number of aryl methyl sites for hydroxylation is 4. The van der Waals surface area contributed by atoms with Crippen molar-refractivity contribution in [2.24, 2.45) is 0 Å². The van der Waals surface area contributed by atoms with Crippen molar-refractivity contribution in [2.75, 3.05) is 0 Å². The predicted octanol–water partition coefficient (Wildman–Crippen LogP) is 2.85. The summed E-state index contributed by atoms with van der Waals surface area (Å²) in [5.41, 5.74) is 2.36. The van der Waals surface area contributed by atoms with Gasteiger partial charge in [-0.05, 0) is 39.0 Å². The first kappa shape index (κ1) is 17.0. The number of ether oxygens (including phenoxy) is 1. The van der Waals surface area contributed by atoms with E-state index in [1.54, 1.807) is 22.7 Å². The van der Waals surface area contributed by atoms with E-state index in [9.17, 15) is 9.59 Å². The summed E-state index contributed by atoms with van der Waals surface area (Å²) in [6.45, 7) is 3.51. The molecule has 1 aliphatic carbocycles. The molecule has 26 heavy (non-hydrogen) atoms. The number of rotatable bonds is 4. The molecule has 0 aromatic carbocycles. The average Bonchev–Trinajstić information content (AvgIpc) is 3.19. The van der Waals surface area contributed by atoms with Crippen molar-refractivity contribution in [3.05, 3.63) is 49.7 Å². The second-order valence-corrected chi connectivity index (χ2v) is 7.43. The van der Waals surface area contributed by atoms with E-state index < -0.39 is 5.97 Å². The van der Waals surface area contributed by atoms with Gasteiger partial charge in [0.15, 0.2) is 4.96 Å². The number of carbonyl (C=O) groups is 1. The molecule has 3 aromatic heterocycles. The van der Waals surface area contributed by atoms with Gasteiger partial charge in [0.2, 0.25) is 0 Å². The highest BCUT2D eigenvalue weighted by atomic mass is 32.1. The largest absolute Gasteiger partial charge is 0.455 e. The maximum absolute atomic E-state index is 12.5. The second kappa shape index (κ2) is 6.68. The van der Waals surface area contributed by atoms with Crippen LogP contribution in [0.25, 0.3) is 4.96 Å². The Morgan fingerprint density at radius 1 is 1.38 bits per heavy atom. The van der Waals surface area contributed by atoms with E-state index in [1.807, 2.05) is 6.92 Å². The molecular weight excluding hydrogens is 354 g/mol. The highest BCUT2D eigenvalue weighted by Crippen LogP contribution is 2.28. The van der Waals surface area contributed by atoms with Gasteiger partial charge >= 0.3 is 5.97 Å². The summed E-state index contributed by atoms with van der Waals surface area (Å²) < 4.78 is 12.1. The minimum atomic E-state index is -0.506. The third-order valence-corrected chi connectivity index (χ3v) is 5.78. The van der Waals surface area contributed by atoms with Gasteiger partial charge in [-0.25, -0.2) is 9.78 Å².